The lowest BCUT2D eigenvalue weighted by Gasteiger charge is -2.35. The zero-order chi connectivity index (χ0) is 17.4. The minimum Gasteiger partial charge on any atom is -0.481 e. The number of likely N-dealkylation sites (tertiary alicyclic amines) is 1. The Hall–Kier alpha value is -1.96. The van der Waals surface area contributed by atoms with Crippen LogP contribution in [0.1, 0.15) is 49.1 Å². The van der Waals surface area contributed by atoms with E-state index in [1.165, 1.54) is 11.3 Å². The Bertz CT molecular complexity index is 634. The summed E-state index contributed by atoms with van der Waals surface area (Å²) < 4.78 is 0. The van der Waals surface area contributed by atoms with E-state index in [0.29, 0.717) is 0 Å². The molecule has 8 heteroatoms. The van der Waals surface area contributed by atoms with Gasteiger partial charge in [-0.15, -0.1) is 11.3 Å². The highest BCUT2D eigenvalue weighted by molar-refractivity contribution is 7.10. The molecule has 2 rings (SSSR count). The predicted octanol–water partition coefficient (Wildman–Crippen LogP) is 1.83. The molecule has 0 spiro atoms. The zero-order valence-corrected chi connectivity index (χ0v) is 14.1. The largest absolute Gasteiger partial charge is 0.481 e. The molecule has 0 aromatic carbocycles. The van der Waals surface area contributed by atoms with E-state index < -0.39 is 29.8 Å². The van der Waals surface area contributed by atoms with Crippen molar-refractivity contribution in [2.24, 2.45) is 5.92 Å². The number of hydrogen-bond acceptors (Lipinski definition) is 5. The van der Waals surface area contributed by atoms with Gasteiger partial charge in [0, 0.05) is 17.3 Å². The van der Waals surface area contributed by atoms with Crippen molar-refractivity contribution in [3.8, 4) is 0 Å². The first-order valence-electron chi connectivity index (χ1n) is 7.34. The van der Waals surface area contributed by atoms with E-state index in [0.717, 1.165) is 9.91 Å². The smallest absolute Gasteiger partial charge is 0.326 e. The van der Waals surface area contributed by atoms with Crippen LogP contribution in [0, 0.1) is 5.92 Å². The van der Waals surface area contributed by atoms with E-state index in [4.69, 9.17) is 5.11 Å². The van der Waals surface area contributed by atoms with Gasteiger partial charge in [-0.2, -0.15) is 0 Å². The van der Waals surface area contributed by atoms with Gasteiger partial charge in [0.15, 0.2) is 0 Å². The topological polar surface area (TPSA) is 108 Å². The molecule has 2 atom stereocenters. The standard InChI is InChI=1S/C15H20N2O5S/c1-15(2,3)14-16-9(7-23-14)11(18)17-6-8(12(19)20)4-5-10(17)13(21)22/h7-8,10H,4-6H2,1-3H3,(H,19,20)(H,21,22)/t8-,10+/m0/s1. The lowest BCUT2D eigenvalue weighted by Crippen LogP contribution is -2.52. The van der Waals surface area contributed by atoms with Crippen LogP contribution >= 0.6 is 11.3 Å². The molecule has 23 heavy (non-hydrogen) atoms. The summed E-state index contributed by atoms with van der Waals surface area (Å²) in [5.41, 5.74) is -0.0295. The van der Waals surface area contributed by atoms with Crippen LogP contribution in [-0.2, 0) is 15.0 Å². The number of carboxylic acids is 2. The fraction of sp³-hybridized carbons (Fsp3) is 0.600. The highest BCUT2D eigenvalue weighted by atomic mass is 32.1. The van der Waals surface area contributed by atoms with E-state index in [2.05, 4.69) is 4.98 Å². The summed E-state index contributed by atoms with van der Waals surface area (Å²) in [5.74, 6) is -3.39. The second kappa shape index (κ2) is 6.27. The molecule has 1 fully saturated rings. The number of thiazole rings is 1. The van der Waals surface area contributed by atoms with E-state index in [1.807, 2.05) is 20.8 Å². The van der Waals surface area contributed by atoms with Crippen LogP contribution < -0.4 is 0 Å². The highest BCUT2D eigenvalue weighted by Gasteiger charge is 2.39. The molecule has 1 aliphatic rings. The quantitative estimate of drug-likeness (QED) is 0.869. The number of piperidine rings is 1. The van der Waals surface area contributed by atoms with Gasteiger partial charge < -0.3 is 15.1 Å². The van der Waals surface area contributed by atoms with Crippen molar-refractivity contribution in [2.75, 3.05) is 6.54 Å². The second-order valence-corrected chi connectivity index (χ2v) is 7.57. The Morgan fingerprint density at radius 1 is 1.22 bits per heavy atom. The third-order valence-corrected chi connectivity index (χ3v) is 5.11. The van der Waals surface area contributed by atoms with E-state index >= 15 is 0 Å². The first-order chi connectivity index (χ1) is 10.6. The van der Waals surface area contributed by atoms with Crippen LogP contribution in [0.5, 0.6) is 0 Å². The van der Waals surface area contributed by atoms with Crippen molar-refractivity contribution in [1.29, 1.82) is 0 Å². The number of nitrogens with zero attached hydrogens (tertiary/aromatic N) is 2. The van der Waals surface area contributed by atoms with Crippen molar-refractivity contribution in [2.45, 2.75) is 45.1 Å². The second-order valence-electron chi connectivity index (χ2n) is 6.71. The maximum Gasteiger partial charge on any atom is 0.326 e. The van der Waals surface area contributed by atoms with Crippen LogP contribution in [0.2, 0.25) is 0 Å². The number of aliphatic carboxylic acids is 2. The fourth-order valence-electron chi connectivity index (χ4n) is 2.52. The highest BCUT2D eigenvalue weighted by Crippen LogP contribution is 2.28. The molecule has 1 aliphatic heterocycles. The van der Waals surface area contributed by atoms with Gasteiger partial charge in [0.25, 0.3) is 5.91 Å². The molecule has 1 saturated heterocycles. The number of carbonyl (C=O) groups excluding carboxylic acids is 1. The molecule has 1 amide bonds. The molecule has 2 N–H and O–H groups in total. The maximum absolute atomic E-state index is 12.6. The van der Waals surface area contributed by atoms with E-state index in [1.54, 1.807) is 5.38 Å². The van der Waals surface area contributed by atoms with Gasteiger partial charge in [0.05, 0.1) is 10.9 Å². The molecular weight excluding hydrogens is 320 g/mol. The van der Waals surface area contributed by atoms with Gasteiger partial charge in [-0.25, -0.2) is 9.78 Å². The normalized spacial score (nSPS) is 22.0. The van der Waals surface area contributed by atoms with Crippen LogP contribution in [0.25, 0.3) is 0 Å². The number of carbonyl (C=O) groups is 3. The monoisotopic (exact) mass is 340 g/mol. The Morgan fingerprint density at radius 2 is 1.87 bits per heavy atom. The average molecular weight is 340 g/mol. The summed E-state index contributed by atoms with van der Waals surface area (Å²) in [4.78, 5) is 40.6. The minimum atomic E-state index is -1.12. The van der Waals surface area contributed by atoms with Crippen LogP contribution in [0.15, 0.2) is 5.38 Å². The summed E-state index contributed by atoms with van der Waals surface area (Å²) >= 11 is 1.34. The fourth-order valence-corrected chi connectivity index (χ4v) is 3.40. The van der Waals surface area contributed by atoms with Crippen molar-refractivity contribution in [3.63, 3.8) is 0 Å². The number of carboxylic acid groups (broad SMARTS) is 2. The molecule has 0 saturated carbocycles. The Balaban J connectivity index is 2.27. The van der Waals surface area contributed by atoms with Gasteiger partial charge >= 0.3 is 11.9 Å². The van der Waals surface area contributed by atoms with E-state index in [-0.39, 0.29) is 30.5 Å². The van der Waals surface area contributed by atoms with Gasteiger partial charge in [-0.1, -0.05) is 20.8 Å². The first kappa shape index (κ1) is 17.4. The van der Waals surface area contributed by atoms with Crippen LogP contribution in [0.4, 0.5) is 0 Å². The number of hydrogen-bond donors (Lipinski definition) is 2. The van der Waals surface area contributed by atoms with E-state index in [9.17, 15) is 19.5 Å². The molecule has 0 aliphatic carbocycles. The molecule has 0 unspecified atom stereocenters. The Morgan fingerprint density at radius 3 is 2.35 bits per heavy atom. The SMILES string of the molecule is CC(C)(C)c1nc(C(=O)N2C[C@@H](C(=O)O)CC[C@@H]2C(=O)O)cs1. The predicted molar refractivity (Wildman–Crippen MR) is 83.6 cm³/mol. The minimum absolute atomic E-state index is 0.104. The lowest BCUT2D eigenvalue weighted by atomic mass is 9.92. The number of aromatic nitrogens is 1. The molecule has 0 radical (unpaired) electrons. The third kappa shape index (κ3) is 3.69. The van der Waals surface area contributed by atoms with Crippen molar-refractivity contribution >= 4 is 29.2 Å². The summed E-state index contributed by atoms with van der Waals surface area (Å²) in [6, 6.07) is -1.00. The molecule has 7 nitrogen and oxygen atoms in total. The molecule has 126 valence electrons. The van der Waals surface area contributed by atoms with Crippen LogP contribution in [0.3, 0.4) is 0 Å². The van der Waals surface area contributed by atoms with Gasteiger partial charge in [0.2, 0.25) is 0 Å². The molecular formula is C15H20N2O5S. The van der Waals surface area contributed by atoms with Gasteiger partial charge in [-0.3, -0.25) is 9.59 Å². The van der Waals surface area contributed by atoms with Crippen LogP contribution in [-0.4, -0.2) is 50.5 Å². The summed E-state index contributed by atoms with van der Waals surface area (Å²) in [6.07, 6.45) is 0.384. The first-order valence-corrected chi connectivity index (χ1v) is 8.22. The van der Waals surface area contributed by atoms with Crippen molar-refractivity contribution < 1.29 is 24.6 Å². The van der Waals surface area contributed by atoms with Crippen molar-refractivity contribution in [1.82, 2.24) is 9.88 Å². The lowest BCUT2D eigenvalue weighted by molar-refractivity contribution is -0.150. The zero-order valence-electron chi connectivity index (χ0n) is 13.3. The Labute approximate surface area is 137 Å². The van der Waals surface area contributed by atoms with Gasteiger partial charge in [-0.05, 0) is 12.8 Å². The summed E-state index contributed by atoms with van der Waals surface area (Å²) in [7, 11) is 0. The number of rotatable bonds is 3. The Kier molecular flexibility index (Phi) is 4.74. The summed E-state index contributed by atoms with van der Waals surface area (Å²) in [5, 5.41) is 20.8. The molecule has 2 heterocycles. The molecule has 1 aromatic heterocycles. The van der Waals surface area contributed by atoms with Crippen molar-refractivity contribution in [3.05, 3.63) is 16.1 Å². The average Bonchev–Trinajstić information content (AvgIpc) is 2.95. The number of amides is 1. The summed E-state index contributed by atoms with van der Waals surface area (Å²) in [6.45, 7) is 5.82. The molecule has 1 aromatic rings. The maximum atomic E-state index is 12.6. The third-order valence-electron chi connectivity index (χ3n) is 3.84. The van der Waals surface area contributed by atoms with Gasteiger partial charge in [0.1, 0.15) is 11.7 Å². The molecule has 0 bridgehead atoms.